The number of fused-ring (bicyclic) bond motifs is 1. The molecule has 0 saturated heterocycles. The van der Waals surface area contributed by atoms with E-state index >= 15 is 0 Å². The van der Waals surface area contributed by atoms with Crippen LogP contribution in [0.1, 0.15) is 39.0 Å². The van der Waals surface area contributed by atoms with Gasteiger partial charge < -0.3 is 9.47 Å². The van der Waals surface area contributed by atoms with Crippen LogP contribution in [0.5, 0.6) is 11.5 Å². The summed E-state index contributed by atoms with van der Waals surface area (Å²) in [5.41, 5.74) is 7.02. The van der Waals surface area contributed by atoms with E-state index in [9.17, 15) is 4.79 Å². The van der Waals surface area contributed by atoms with Crippen LogP contribution in [0.3, 0.4) is 0 Å². The molecule has 0 N–H and O–H groups in total. The Hall–Kier alpha value is -3.33. The fourth-order valence-corrected chi connectivity index (χ4v) is 3.97. The highest BCUT2D eigenvalue weighted by atomic mass is 16.5. The lowest BCUT2D eigenvalue weighted by Crippen LogP contribution is -2.13. The van der Waals surface area contributed by atoms with Gasteiger partial charge in [0.25, 0.3) is 0 Å². The molecule has 0 atom stereocenters. The zero-order valence-electron chi connectivity index (χ0n) is 17.0. The van der Waals surface area contributed by atoms with E-state index in [-0.39, 0.29) is 5.78 Å². The molecule has 146 valence electrons. The van der Waals surface area contributed by atoms with E-state index in [4.69, 9.17) is 9.47 Å². The van der Waals surface area contributed by atoms with Gasteiger partial charge in [0.15, 0.2) is 5.78 Å². The number of aryl methyl sites for hydroxylation is 2. The summed E-state index contributed by atoms with van der Waals surface area (Å²) >= 11 is 0. The van der Waals surface area contributed by atoms with E-state index in [0.717, 1.165) is 46.6 Å². The predicted molar refractivity (Wildman–Crippen MR) is 117 cm³/mol. The average Bonchev–Trinajstić information content (AvgIpc) is 2.77. The molecule has 0 saturated carbocycles. The fraction of sp³-hybridized carbons (Fsp3) is 0.192. The number of methoxy groups -OCH3 is 2. The molecule has 0 aromatic heterocycles. The summed E-state index contributed by atoms with van der Waals surface area (Å²) in [6.45, 7) is 2.09. The Balaban J connectivity index is 1.90. The third kappa shape index (κ3) is 3.68. The second-order valence-corrected chi connectivity index (χ2v) is 7.30. The Kier molecular flexibility index (Phi) is 5.22. The molecule has 0 aliphatic heterocycles. The van der Waals surface area contributed by atoms with Gasteiger partial charge in [0.05, 0.1) is 14.2 Å². The van der Waals surface area contributed by atoms with Crippen LogP contribution in [0.15, 0.2) is 66.7 Å². The van der Waals surface area contributed by atoms with Gasteiger partial charge in [-0.15, -0.1) is 0 Å². The summed E-state index contributed by atoms with van der Waals surface area (Å²) in [6, 6.07) is 21.6. The first-order valence-corrected chi connectivity index (χ1v) is 9.77. The van der Waals surface area contributed by atoms with Crippen molar-refractivity contribution < 1.29 is 14.3 Å². The Morgan fingerprint density at radius 3 is 2.31 bits per heavy atom. The molecule has 3 aromatic rings. The molecule has 0 spiro atoms. The predicted octanol–water partition coefficient (Wildman–Crippen LogP) is 5.75. The van der Waals surface area contributed by atoms with Crippen molar-refractivity contribution in [3.05, 3.63) is 94.5 Å². The largest absolute Gasteiger partial charge is 0.497 e. The van der Waals surface area contributed by atoms with Crippen molar-refractivity contribution in [2.45, 2.75) is 19.8 Å². The van der Waals surface area contributed by atoms with Gasteiger partial charge in [0.1, 0.15) is 11.5 Å². The minimum absolute atomic E-state index is 0.0373. The normalized spacial score (nSPS) is 13.1. The number of carbonyl (C=O) groups is 1. The first-order chi connectivity index (χ1) is 14.1. The van der Waals surface area contributed by atoms with Crippen molar-refractivity contribution >= 4 is 16.9 Å². The Morgan fingerprint density at radius 2 is 1.59 bits per heavy atom. The van der Waals surface area contributed by atoms with E-state index in [1.807, 2.05) is 42.5 Å². The number of allylic oxidation sites excluding steroid dienone is 2. The van der Waals surface area contributed by atoms with Crippen molar-refractivity contribution in [1.29, 1.82) is 0 Å². The zero-order chi connectivity index (χ0) is 20.4. The number of Topliss-reactive ketones (excluding diaryl/α,β-unsaturated/α-hetero) is 1. The van der Waals surface area contributed by atoms with Crippen molar-refractivity contribution in [2.24, 2.45) is 0 Å². The molecule has 0 amide bonds. The molecule has 3 nitrogen and oxygen atoms in total. The van der Waals surface area contributed by atoms with Gasteiger partial charge in [-0.25, -0.2) is 0 Å². The first kappa shape index (κ1) is 19.0. The Morgan fingerprint density at radius 1 is 0.828 bits per heavy atom. The summed E-state index contributed by atoms with van der Waals surface area (Å²) in [5.74, 6) is 1.57. The fourth-order valence-electron chi connectivity index (χ4n) is 3.97. The van der Waals surface area contributed by atoms with Crippen LogP contribution in [-0.4, -0.2) is 20.0 Å². The Bertz CT molecular complexity index is 1090. The second-order valence-electron chi connectivity index (χ2n) is 7.30. The molecule has 4 rings (SSSR count). The monoisotopic (exact) mass is 384 g/mol. The standard InChI is InChI=1S/C26H24O3/c1-17-7-13-23-20(15-17)10-14-24(19-5-4-6-22(16-19)29-3)25(23)26(27)18-8-11-21(28-2)12-9-18/h4-9,11-13,15-16H,10,14H2,1-3H3. The van der Waals surface area contributed by atoms with Crippen LogP contribution in [-0.2, 0) is 6.42 Å². The maximum atomic E-state index is 13.7. The minimum Gasteiger partial charge on any atom is -0.497 e. The molecule has 0 heterocycles. The molecule has 3 heteroatoms. The Labute approximate surface area is 171 Å². The number of hydrogen-bond acceptors (Lipinski definition) is 3. The van der Waals surface area contributed by atoms with E-state index in [2.05, 4.69) is 31.2 Å². The molecular formula is C26H24O3. The van der Waals surface area contributed by atoms with Gasteiger partial charge in [-0.05, 0) is 78.4 Å². The molecule has 0 fully saturated rings. The molecule has 3 aromatic carbocycles. The third-order valence-electron chi connectivity index (χ3n) is 5.47. The summed E-state index contributed by atoms with van der Waals surface area (Å²) in [7, 11) is 3.29. The van der Waals surface area contributed by atoms with Crippen molar-refractivity contribution in [2.75, 3.05) is 14.2 Å². The smallest absolute Gasteiger partial charge is 0.193 e. The number of benzene rings is 3. The highest BCUT2D eigenvalue weighted by Crippen LogP contribution is 2.40. The van der Waals surface area contributed by atoms with E-state index in [1.54, 1.807) is 14.2 Å². The van der Waals surface area contributed by atoms with Crippen LogP contribution in [0.2, 0.25) is 0 Å². The van der Waals surface area contributed by atoms with Gasteiger partial charge >= 0.3 is 0 Å². The van der Waals surface area contributed by atoms with Crippen LogP contribution in [0, 0.1) is 6.92 Å². The lowest BCUT2D eigenvalue weighted by molar-refractivity contribution is 0.105. The second kappa shape index (κ2) is 7.96. The van der Waals surface area contributed by atoms with Crippen molar-refractivity contribution in [3.8, 4) is 11.5 Å². The van der Waals surface area contributed by atoms with Gasteiger partial charge in [-0.3, -0.25) is 4.79 Å². The maximum absolute atomic E-state index is 13.7. The van der Waals surface area contributed by atoms with Gasteiger partial charge in [0.2, 0.25) is 0 Å². The zero-order valence-corrected chi connectivity index (χ0v) is 17.0. The summed E-state index contributed by atoms with van der Waals surface area (Å²) in [5, 5.41) is 0. The third-order valence-corrected chi connectivity index (χ3v) is 5.47. The molecule has 0 unspecified atom stereocenters. The highest BCUT2D eigenvalue weighted by Gasteiger charge is 2.26. The number of carbonyl (C=O) groups excluding carboxylic acids is 1. The number of hydrogen-bond donors (Lipinski definition) is 0. The number of ether oxygens (including phenoxy) is 2. The molecule has 0 radical (unpaired) electrons. The van der Waals surface area contributed by atoms with Crippen LogP contribution < -0.4 is 9.47 Å². The van der Waals surface area contributed by atoms with E-state index < -0.39 is 0 Å². The lowest BCUT2D eigenvalue weighted by atomic mass is 9.79. The van der Waals surface area contributed by atoms with Gasteiger partial charge in [-0.2, -0.15) is 0 Å². The minimum atomic E-state index is 0.0373. The van der Waals surface area contributed by atoms with Crippen LogP contribution >= 0.6 is 0 Å². The van der Waals surface area contributed by atoms with Gasteiger partial charge in [0, 0.05) is 11.1 Å². The summed E-state index contributed by atoms with van der Waals surface area (Å²) in [6.07, 6.45) is 1.74. The van der Waals surface area contributed by atoms with Crippen LogP contribution in [0.4, 0.5) is 0 Å². The number of ketones is 1. The van der Waals surface area contributed by atoms with Gasteiger partial charge in [-0.1, -0.05) is 35.9 Å². The average molecular weight is 384 g/mol. The van der Waals surface area contributed by atoms with E-state index in [0.29, 0.717) is 5.56 Å². The summed E-state index contributed by atoms with van der Waals surface area (Å²) < 4.78 is 10.7. The quantitative estimate of drug-likeness (QED) is 0.525. The number of rotatable bonds is 5. The van der Waals surface area contributed by atoms with Crippen molar-refractivity contribution in [1.82, 2.24) is 0 Å². The maximum Gasteiger partial charge on any atom is 0.193 e. The molecule has 1 aliphatic carbocycles. The lowest BCUT2D eigenvalue weighted by Gasteiger charge is -2.24. The summed E-state index contributed by atoms with van der Waals surface area (Å²) in [4.78, 5) is 13.7. The first-order valence-electron chi connectivity index (χ1n) is 9.77. The van der Waals surface area contributed by atoms with Crippen molar-refractivity contribution in [3.63, 3.8) is 0 Å². The SMILES string of the molecule is COc1ccc(C(=O)C2=C(c3cccc(OC)c3)CCc3cc(C)ccc32)cc1. The topological polar surface area (TPSA) is 35.5 Å². The highest BCUT2D eigenvalue weighted by molar-refractivity contribution is 6.35. The molecule has 0 bridgehead atoms. The molecule has 1 aliphatic rings. The van der Waals surface area contributed by atoms with E-state index in [1.165, 1.54) is 11.1 Å². The molecular weight excluding hydrogens is 360 g/mol. The molecule has 29 heavy (non-hydrogen) atoms. The van der Waals surface area contributed by atoms with Crippen LogP contribution in [0.25, 0.3) is 11.1 Å².